The molecule has 0 saturated carbocycles. The summed E-state index contributed by atoms with van der Waals surface area (Å²) in [5.74, 6) is 0.851. The summed E-state index contributed by atoms with van der Waals surface area (Å²) >= 11 is 1.80. The number of anilines is 3. The second-order valence-corrected chi connectivity index (χ2v) is 7.94. The van der Waals surface area contributed by atoms with Crippen LogP contribution in [0, 0.1) is 0 Å². The second-order valence-electron chi connectivity index (χ2n) is 6.85. The minimum Gasteiger partial charge on any atom is -0.378 e. The Morgan fingerprint density at radius 1 is 0.929 bits per heavy atom. The number of hydrogen-bond donors (Lipinski definition) is 1. The highest BCUT2D eigenvalue weighted by atomic mass is 32.1. The van der Waals surface area contributed by atoms with Crippen LogP contribution in [0.3, 0.4) is 0 Å². The summed E-state index contributed by atoms with van der Waals surface area (Å²) in [6, 6.07) is 23.4. The van der Waals surface area contributed by atoms with Crippen molar-refractivity contribution in [1.82, 2.24) is 4.98 Å². The van der Waals surface area contributed by atoms with Gasteiger partial charge in [0.25, 0.3) is 0 Å². The van der Waals surface area contributed by atoms with E-state index in [9.17, 15) is 0 Å². The number of pyridine rings is 1. The maximum absolute atomic E-state index is 5.42. The van der Waals surface area contributed by atoms with E-state index >= 15 is 0 Å². The molecule has 4 aromatic rings. The van der Waals surface area contributed by atoms with Gasteiger partial charge in [0.15, 0.2) is 0 Å². The van der Waals surface area contributed by atoms with Crippen LogP contribution in [0.1, 0.15) is 0 Å². The fraction of sp³-hybridized carbons (Fsp3) is 0.174. The molecule has 4 nitrogen and oxygen atoms in total. The normalized spacial score (nSPS) is 14.4. The highest BCUT2D eigenvalue weighted by molar-refractivity contribution is 7.22. The Morgan fingerprint density at radius 3 is 2.50 bits per heavy atom. The Hall–Kier alpha value is -2.89. The van der Waals surface area contributed by atoms with Crippen molar-refractivity contribution in [2.24, 2.45) is 0 Å². The molecule has 1 aliphatic rings. The van der Waals surface area contributed by atoms with Gasteiger partial charge in [-0.2, -0.15) is 0 Å². The number of morpholine rings is 1. The molecule has 1 N–H and O–H groups in total. The van der Waals surface area contributed by atoms with E-state index in [2.05, 4.69) is 75.9 Å². The zero-order valence-electron chi connectivity index (χ0n) is 15.5. The minimum atomic E-state index is 0.802. The van der Waals surface area contributed by atoms with Crippen LogP contribution in [0.5, 0.6) is 0 Å². The Balaban J connectivity index is 1.29. The maximum atomic E-state index is 5.42. The Morgan fingerprint density at radius 2 is 1.75 bits per heavy atom. The molecular formula is C23H21N3OS. The van der Waals surface area contributed by atoms with Crippen molar-refractivity contribution in [2.75, 3.05) is 36.5 Å². The first-order chi connectivity index (χ1) is 13.8. The van der Waals surface area contributed by atoms with Gasteiger partial charge in [-0.25, -0.2) is 4.98 Å². The largest absolute Gasteiger partial charge is 0.378 e. The average molecular weight is 388 g/mol. The van der Waals surface area contributed by atoms with E-state index < -0.39 is 0 Å². The number of fused-ring (bicyclic) bond motifs is 1. The Labute approximate surface area is 168 Å². The second kappa shape index (κ2) is 7.62. The van der Waals surface area contributed by atoms with Crippen LogP contribution in [0.15, 0.2) is 72.9 Å². The Bertz CT molecular complexity index is 1030. The lowest BCUT2D eigenvalue weighted by atomic mass is 10.2. The summed E-state index contributed by atoms with van der Waals surface area (Å²) in [7, 11) is 0. The fourth-order valence-electron chi connectivity index (χ4n) is 3.46. The molecule has 1 fully saturated rings. The van der Waals surface area contributed by atoms with Crippen molar-refractivity contribution >= 4 is 38.6 Å². The van der Waals surface area contributed by atoms with Crippen molar-refractivity contribution < 1.29 is 4.74 Å². The predicted octanol–water partition coefficient (Wildman–Crippen LogP) is 5.54. The molecule has 5 heteroatoms. The molecule has 3 heterocycles. The van der Waals surface area contributed by atoms with E-state index in [0.29, 0.717) is 0 Å². The number of rotatable bonds is 4. The van der Waals surface area contributed by atoms with Crippen LogP contribution in [-0.4, -0.2) is 31.3 Å². The van der Waals surface area contributed by atoms with Gasteiger partial charge in [0.05, 0.1) is 13.2 Å². The van der Waals surface area contributed by atoms with Crippen LogP contribution in [0.25, 0.3) is 20.5 Å². The van der Waals surface area contributed by atoms with Crippen LogP contribution >= 0.6 is 11.3 Å². The third-order valence-corrected chi connectivity index (χ3v) is 6.15. The third-order valence-electron chi connectivity index (χ3n) is 4.99. The number of nitrogens with zero attached hydrogens (tertiary/aromatic N) is 2. The summed E-state index contributed by atoms with van der Waals surface area (Å²) in [5, 5.41) is 4.67. The van der Waals surface area contributed by atoms with Crippen molar-refractivity contribution in [3.8, 4) is 10.4 Å². The third kappa shape index (κ3) is 3.59. The van der Waals surface area contributed by atoms with Crippen molar-refractivity contribution in [3.05, 3.63) is 72.9 Å². The van der Waals surface area contributed by atoms with E-state index in [4.69, 9.17) is 4.74 Å². The molecule has 0 unspecified atom stereocenters. The molecule has 0 radical (unpaired) electrons. The summed E-state index contributed by atoms with van der Waals surface area (Å²) in [6.45, 7) is 3.51. The molecule has 0 amide bonds. The molecule has 1 saturated heterocycles. The molecule has 2 aromatic carbocycles. The Kier molecular flexibility index (Phi) is 4.69. The van der Waals surface area contributed by atoms with Gasteiger partial charge >= 0.3 is 0 Å². The summed E-state index contributed by atoms with van der Waals surface area (Å²) in [6.07, 6.45) is 1.94. The highest BCUT2D eigenvalue weighted by Crippen LogP contribution is 2.33. The lowest BCUT2D eigenvalue weighted by molar-refractivity contribution is 0.122. The number of benzene rings is 2. The fourth-order valence-corrected chi connectivity index (χ4v) is 4.52. The molecule has 140 valence electrons. The molecule has 0 bridgehead atoms. The van der Waals surface area contributed by atoms with Gasteiger partial charge in [-0.05, 0) is 53.9 Å². The number of thiophene rings is 1. The van der Waals surface area contributed by atoms with Crippen LogP contribution in [-0.2, 0) is 4.74 Å². The van der Waals surface area contributed by atoms with Crippen LogP contribution in [0.4, 0.5) is 17.2 Å². The van der Waals surface area contributed by atoms with E-state index in [1.807, 2.05) is 12.3 Å². The maximum Gasteiger partial charge on any atom is 0.130 e. The molecule has 1 aliphatic heterocycles. The predicted molar refractivity (Wildman–Crippen MR) is 118 cm³/mol. The molecule has 28 heavy (non-hydrogen) atoms. The van der Waals surface area contributed by atoms with Crippen LogP contribution in [0.2, 0.25) is 0 Å². The summed E-state index contributed by atoms with van der Waals surface area (Å²) in [4.78, 5) is 8.20. The van der Waals surface area contributed by atoms with E-state index in [1.165, 1.54) is 20.7 Å². The quantitative estimate of drug-likeness (QED) is 0.499. The van der Waals surface area contributed by atoms with Crippen molar-refractivity contribution in [2.45, 2.75) is 0 Å². The first-order valence-corrected chi connectivity index (χ1v) is 10.3. The van der Waals surface area contributed by atoms with Gasteiger partial charge in [0.1, 0.15) is 5.82 Å². The van der Waals surface area contributed by atoms with Crippen molar-refractivity contribution in [3.63, 3.8) is 0 Å². The van der Waals surface area contributed by atoms with Gasteiger partial charge < -0.3 is 15.0 Å². The first-order valence-electron chi connectivity index (χ1n) is 9.50. The van der Waals surface area contributed by atoms with Gasteiger partial charge in [0, 0.05) is 45.8 Å². The standard InChI is InChI=1S/C23H21N3OS/c1-2-4-21-17(3-1)15-22(28-21)18-5-10-23(24-16-18)25-19-6-8-20(9-7-19)26-11-13-27-14-12-26/h1-10,15-16H,11-14H2,(H,24,25). The number of ether oxygens (including phenoxy) is 1. The lowest BCUT2D eigenvalue weighted by Crippen LogP contribution is -2.36. The minimum absolute atomic E-state index is 0.802. The highest BCUT2D eigenvalue weighted by Gasteiger charge is 2.11. The van der Waals surface area contributed by atoms with E-state index in [1.54, 1.807) is 11.3 Å². The number of aromatic nitrogens is 1. The molecule has 0 spiro atoms. The number of nitrogens with one attached hydrogen (secondary N) is 1. The van der Waals surface area contributed by atoms with Crippen molar-refractivity contribution in [1.29, 1.82) is 0 Å². The van der Waals surface area contributed by atoms with Gasteiger partial charge in [-0.15, -0.1) is 11.3 Å². The zero-order chi connectivity index (χ0) is 18.8. The van der Waals surface area contributed by atoms with Gasteiger partial charge in [-0.1, -0.05) is 18.2 Å². The molecular weight excluding hydrogens is 366 g/mol. The van der Waals surface area contributed by atoms with Gasteiger partial charge in [-0.3, -0.25) is 0 Å². The first kappa shape index (κ1) is 17.2. The van der Waals surface area contributed by atoms with Gasteiger partial charge in [0.2, 0.25) is 0 Å². The smallest absolute Gasteiger partial charge is 0.130 e. The van der Waals surface area contributed by atoms with E-state index in [-0.39, 0.29) is 0 Å². The summed E-state index contributed by atoms with van der Waals surface area (Å²) < 4.78 is 6.73. The molecule has 0 aliphatic carbocycles. The van der Waals surface area contributed by atoms with E-state index in [0.717, 1.165) is 43.4 Å². The number of hydrogen-bond acceptors (Lipinski definition) is 5. The molecule has 0 atom stereocenters. The van der Waals surface area contributed by atoms with Crippen LogP contribution < -0.4 is 10.2 Å². The topological polar surface area (TPSA) is 37.4 Å². The zero-order valence-corrected chi connectivity index (χ0v) is 16.3. The molecule has 5 rings (SSSR count). The molecule has 2 aromatic heterocycles. The summed E-state index contributed by atoms with van der Waals surface area (Å²) in [5.41, 5.74) is 3.43. The monoisotopic (exact) mass is 387 g/mol. The SMILES string of the molecule is c1ccc2sc(-c3ccc(Nc4ccc(N5CCOCC5)cc4)nc3)cc2c1. The lowest BCUT2D eigenvalue weighted by Gasteiger charge is -2.28. The average Bonchev–Trinajstić information content (AvgIpc) is 3.20.